The third-order valence-corrected chi connectivity index (χ3v) is 5.40. The van der Waals surface area contributed by atoms with Gasteiger partial charge in [0.25, 0.3) is 0 Å². The number of amides is 2. The minimum atomic E-state index is -0.250. The van der Waals surface area contributed by atoms with E-state index in [4.69, 9.17) is 0 Å². The minimum Gasteiger partial charge on any atom is -0.323 e. The van der Waals surface area contributed by atoms with Crippen molar-refractivity contribution in [3.05, 3.63) is 54.3 Å². The van der Waals surface area contributed by atoms with Crippen LogP contribution in [0.5, 0.6) is 0 Å². The molecule has 0 spiro atoms. The smallest absolute Gasteiger partial charge is 0.321 e. The molecule has 1 atom stereocenters. The van der Waals surface area contributed by atoms with Crippen LogP contribution in [0.15, 0.2) is 48.5 Å². The van der Waals surface area contributed by atoms with Crippen LogP contribution in [-0.4, -0.2) is 48.1 Å². The number of halogens is 1. The fourth-order valence-electron chi connectivity index (χ4n) is 3.95. The van der Waals surface area contributed by atoms with Gasteiger partial charge in [-0.1, -0.05) is 24.3 Å². The van der Waals surface area contributed by atoms with Gasteiger partial charge in [0, 0.05) is 24.8 Å². The molecule has 136 valence electrons. The second kappa shape index (κ2) is 7.46. The van der Waals surface area contributed by atoms with Gasteiger partial charge in [-0.2, -0.15) is 0 Å². The Labute approximate surface area is 153 Å². The van der Waals surface area contributed by atoms with Crippen molar-refractivity contribution in [2.45, 2.75) is 25.3 Å². The van der Waals surface area contributed by atoms with E-state index < -0.39 is 0 Å². The van der Waals surface area contributed by atoms with Gasteiger partial charge in [0.15, 0.2) is 0 Å². The largest absolute Gasteiger partial charge is 0.323 e. The maximum Gasteiger partial charge on any atom is 0.321 e. The number of benzene rings is 2. The Morgan fingerprint density at radius 1 is 1.00 bits per heavy atom. The molecule has 1 unspecified atom stereocenters. The zero-order valence-electron chi connectivity index (χ0n) is 14.8. The van der Waals surface area contributed by atoms with Crippen molar-refractivity contribution in [3.8, 4) is 11.1 Å². The number of hydrogen-bond donors (Lipinski definition) is 1. The molecule has 2 aliphatic rings. The summed E-state index contributed by atoms with van der Waals surface area (Å²) in [6.07, 6.45) is 3.61. The van der Waals surface area contributed by atoms with Crippen molar-refractivity contribution in [3.63, 3.8) is 0 Å². The number of anilines is 1. The third-order valence-electron chi connectivity index (χ3n) is 5.40. The van der Waals surface area contributed by atoms with E-state index in [2.05, 4.69) is 10.2 Å². The topological polar surface area (TPSA) is 35.6 Å². The highest BCUT2D eigenvalue weighted by molar-refractivity contribution is 5.90. The summed E-state index contributed by atoms with van der Waals surface area (Å²) in [5, 5.41) is 3.01. The Hall–Kier alpha value is -2.40. The molecule has 1 N–H and O–H groups in total. The summed E-state index contributed by atoms with van der Waals surface area (Å²) < 4.78 is 13.1. The SMILES string of the molecule is O=C(Nc1cccc(-c2ccc(F)cc2)c1)N1CCC(N2CCCC2)C1. The first-order valence-corrected chi connectivity index (χ1v) is 9.35. The highest BCUT2D eigenvalue weighted by atomic mass is 19.1. The van der Waals surface area contributed by atoms with Gasteiger partial charge in [0.05, 0.1) is 0 Å². The van der Waals surface area contributed by atoms with Gasteiger partial charge in [-0.05, 0) is 67.7 Å². The van der Waals surface area contributed by atoms with Crippen molar-refractivity contribution in [2.75, 3.05) is 31.5 Å². The van der Waals surface area contributed by atoms with Gasteiger partial charge in [-0.3, -0.25) is 4.90 Å². The van der Waals surface area contributed by atoms with Gasteiger partial charge in [-0.15, -0.1) is 0 Å². The predicted molar refractivity (Wildman–Crippen MR) is 102 cm³/mol. The van der Waals surface area contributed by atoms with Crippen LogP contribution in [0.3, 0.4) is 0 Å². The molecule has 0 bridgehead atoms. The van der Waals surface area contributed by atoms with E-state index in [0.717, 1.165) is 36.3 Å². The first kappa shape index (κ1) is 17.0. The maximum absolute atomic E-state index is 13.1. The van der Waals surface area contributed by atoms with E-state index in [1.807, 2.05) is 29.2 Å². The quantitative estimate of drug-likeness (QED) is 0.898. The zero-order chi connectivity index (χ0) is 17.9. The van der Waals surface area contributed by atoms with Crippen molar-refractivity contribution in [1.82, 2.24) is 9.80 Å². The molecule has 2 aromatic rings. The van der Waals surface area contributed by atoms with E-state index >= 15 is 0 Å². The lowest BCUT2D eigenvalue weighted by Crippen LogP contribution is -2.38. The Kier molecular flexibility index (Phi) is 4.89. The predicted octanol–water partition coefficient (Wildman–Crippen LogP) is 4.19. The van der Waals surface area contributed by atoms with Crippen LogP contribution >= 0.6 is 0 Å². The summed E-state index contributed by atoms with van der Waals surface area (Å²) in [5.41, 5.74) is 2.65. The second-order valence-electron chi connectivity index (χ2n) is 7.15. The molecule has 5 heteroatoms. The van der Waals surface area contributed by atoms with Crippen LogP contribution in [0.4, 0.5) is 14.9 Å². The second-order valence-corrected chi connectivity index (χ2v) is 7.15. The first-order valence-electron chi connectivity index (χ1n) is 9.35. The average Bonchev–Trinajstić information content (AvgIpc) is 3.34. The highest BCUT2D eigenvalue weighted by Gasteiger charge is 2.31. The molecule has 26 heavy (non-hydrogen) atoms. The summed E-state index contributed by atoms with van der Waals surface area (Å²) in [4.78, 5) is 17.0. The van der Waals surface area contributed by atoms with Crippen molar-refractivity contribution < 1.29 is 9.18 Å². The Morgan fingerprint density at radius 3 is 2.54 bits per heavy atom. The molecule has 0 saturated carbocycles. The molecular formula is C21H24FN3O. The van der Waals surface area contributed by atoms with Gasteiger partial charge in [0.1, 0.15) is 5.82 Å². The van der Waals surface area contributed by atoms with Crippen LogP contribution in [0, 0.1) is 5.82 Å². The monoisotopic (exact) mass is 353 g/mol. The van der Waals surface area contributed by atoms with E-state index in [9.17, 15) is 9.18 Å². The molecule has 0 aliphatic carbocycles. The standard InChI is InChI=1S/C21H24FN3O/c22-18-8-6-16(7-9-18)17-4-3-5-19(14-17)23-21(26)25-13-10-20(15-25)24-11-1-2-12-24/h3-9,14,20H,1-2,10-13,15H2,(H,23,26). The molecule has 0 radical (unpaired) electrons. The number of carbonyl (C=O) groups is 1. The fourth-order valence-corrected chi connectivity index (χ4v) is 3.95. The highest BCUT2D eigenvalue weighted by Crippen LogP contribution is 2.24. The van der Waals surface area contributed by atoms with E-state index in [1.54, 1.807) is 12.1 Å². The lowest BCUT2D eigenvalue weighted by atomic mass is 10.1. The number of rotatable bonds is 3. The molecule has 4 rings (SSSR count). The lowest BCUT2D eigenvalue weighted by Gasteiger charge is -2.23. The van der Waals surface area contributed by atoms with Crippen LogP contribution in [0.25, 0.3) is 11.1 Å². The number of hydrogen-bond acceptors (Lipinski definition) is 2. The lowest BCUT2D eigenvalue weighted by molar-refractivity contribution is 0.210. The summed E-state index contributed by atoms with van der Waals surface area (Å²) >= 11 is 0. The Morgan fingerprint density at radius 2 is 1.77 bits per heavy atom. The number of urea groups is 1. The molecule has 2 aliphatic heterocycles. The molecule has 2 saturated heterocycles. The van der Waals surface area contributed by atoms with Gasteiger partial charge < -0.3 is 10.2 Å². The maximum atomic E-state index is 13.1. The van der Waals surface area contributed by atoms with Gasteiger partial charge >= 0.3 is 6.03 Å². The van der Waals surface area contributed by atoms with Crippen LogP contribution in [0.2, 0.25) is 0 Å². The molecular weight excluding hydrogens is 329 g/mol. The normalized spacial score (nSPS) is 20.5. The van der Waals surface area contributed by atoms with E-state index in [1.165, 1.54) is 38.1 Å². The molecule has 2 aromatic carbocycles. The fraction of sp³-hybridized carbons (Fsp3) is 0.381. The van der Waals surface area contributed by atoms with Crippen molar-refractivity contribution in [2.24, 2.45) is 0 Å². The number of nitrogens with zero attached hydrogens (tertiary/aromatic N) is 2. The summed E-state index contributed by atoms with van der Waals surface area (Å²) in [7, 11) is 0. The minimum absolute atomic E-state index is 0.0389. The molecule has 2 amide bonds. The van der Waals surface area contributed by atoms with Gasteiger partial charge in [0.2, 0.25) is 0 Å². The zero-order valence-corrected chi connectivity index (χ0v) is 14.8. The molecule has 4 nitrogen and oxygen atoms in total. The van der Waals surface area contributed by atoms with E-state index in [0.29, 0.717) is 6.04 Å². The van der Waals surface area contributed by atoms with E-state index in [-0.39, 0.29) is 11.8 Å². The number of nitrogens with one attached hydrogen (secondary N) is 1. The summed E-state index contributed by atoms with van der Waals surface area (Å²) in [6.45, 7) is 3.95. The van der Waals surface area contributed by atoms with Crippen LogP contribution < -0.4 is 5.32 Å². The number of likely N-dealkylation sites (tertiary alicyclic amines) is 2. The van der Waals surface area contributed by atoms with Crippen molar-refractivity contribution in [1.29, 1.82) is 0 Å². The molecule has 2 fully saturated rings. The summed E-state index contributed by atoms with van der Waals surface area (Å²) in [5.74, 6) is -0.250. The third kappa shape index (κ3) is 3.73. The van der Waals surface area contributed by atoms with Gasteiger partial charge in [-0.25, -0.2) is 9.18 Å². The Bertz CT molecular complexity index is 771. The van der Waals surface area contributed by atoms with Crippen LogP contribution in [-0.2, 0) is 0 Å². The Balaban J connectivity index is 1.40. The van der Waals surface area contributed by atoms with Crippen LogP contribution in [0.1, 0.15) is 19.3 Å². The average molecular weight is 353 g/mol. The molecule has 2 heterocycles. The summed E-state index contributed by atoms with van der Waals surface area (Å²) in [6, 6.07) is 14.5. The number of carbonyl (C=O) groups excluding carboxylic acids is 1. The van der Waals surface area contributed by atoms with Crippen molar-refractivity contribution >= 4 is 11.7 Å². The first-order chi connectivity index (χ1) is 12.7. The molecule has 0 aromatic heterocycles.